The van der Waals surface area contributed by atoms with Gasteiger partial charge in [0.15, 0.2) is 5.75 Å². The Morgan fingerprint density at radius 3 is 2.72 bits per heavy atom. The molecule has 0 radical (unpaired) electrons. The van der Waals surface area contributed by atoms with Crippen molar-refractivity contribution < 1.29 is 18.7 Å². The second-order valence-electron chi connectivity index (χ2n) is 7.06. The molecule has 1 saturated heterocycles. The van der Waals surface area contributed by atoms with Crippen molar-refractivity contribution in [2.75, 3.05) is 13.6 Å². The molecule has 1 aliphatic rings. The molecule has 1 aliphatic heterocycles. The second kappa shape index (κ2) is 11.5. The van der Waals surface area contributed by atoms with Crippen molar-refractivity contribution in [2.45, 2.75) is 32.4 Å². The highest BCUT2D eigenvalue weighted by molar-refractivity contribution is 8.26. The molecule has 2 heterocycles. The van der Waals surface area contributed by atoms with E-state index in [1.54, 1.807) is 4.90 Å². The van der Waals surface area contributed by atoms with E-state index in [1.165, 1.54) is 19.2 Å². The van der Waals surface area contributed by atoms with E-state index in [-0.39, 0.29) is 33.3 Å². The summed E-state index contributed by atoms with van der Waals surface area (Å²) in [5.74, 6) is -1.96. The summed E-state index contributed by atoms with van der Waals surface area (Å²) in [6.45, 7) is 2.42. The largest absolute Gasteiger partial charge is 0.503 e. The van der Waals surface area contributed by atoms with Gasteiger partial charge < -0.3 is 20.3 Å². The summed E-state index contributed by atoms with van der Waals surface area (Å²) in [5, 5.41) is 28.0. The van der Waals surface area contributed by atoms with E-state index in [9.17, 15) is 23.5 Å². The van der Waals surface area contributed by atoms with E-state index in [0.29, 0.717) is 17.9 Å². The van der Waals surface area contributed by atoms with Crippen LogP contribution in [0.1, 0.15) is 29.7 Å². The van der Waals surface area contributed by atoms with Crippen LogP contribution in [0, 0.1) is 29.4 Å². The predicted octanol–water partition coefficient (Wildman–Crippen LogP) is 2.73. The normalized spacial score (nSPS) is 15.1. The van der Waals surface area contributed by atoms with Crippen LogP contribution in [0.15, 0.2) is 29.2 Å². The van der Waals surface area contributed by atoms with Crippen molar-refractivity contribution >= 4 is 28.3 Å². The predicted molar refractivity (Wildman–Crippen MR) is 121 cm³/mol. The Morgan fingerprint density at radius 1 is 1.41 bits per heavy atom. The number of H-pyrrole nitrogens is 1. The number of benzene rings is 1. The first kappa shape index (κ1) is 25.2. The zero-order valence-corrected chi connectivity index (χ0v) is 18.5. The Kier molecular flexibility index (Phi) is 9.09. The van der Waals surface area contributed by atoms with Crippen molar-refractivity contribution in [3.63, 3.8) is 0 Å². The topological polar surface area (TPSA) is 133 Å². The van der Waals surface area contributed by atoms with E-state index >= 15 is 0 Å². The molecule has 1 unspecified atom stereocenters. The van der Waals surface area contributed by atoms with E-state index in [2.05, 4.69) is 10.3 Å². The minimum atomic E-state index is -0.771. The van der Waals surface area contributed by atoms with Crippen molar-refractivity contribution in [1.82, 2.24) is 15.2 Å². The number of rotatable bonds is 5. The highest BCUT2D eigenvalue weighted by atomic mass is 32.2. The van der Waals surface area contributed by atoms with E-state index in [4.69, 9.17) is 10.8 Å². The maximum Gasteiger partial charge on any atom is 0.233 e. The number of hydrogen-bond donors (Lipinski definition) is 5. The van der Waals surface area contributed by atoms with Crippen LogP contribution in [0.5, 0.6) is 5.75 Å². The van der Waals surface area contributed by atoms with Crippen LogP contribution in [0.3, 0.4) is 0 Å². The van der Waals surface area contributed by atoms with E-state index in [0.717, 1.165) is 37.9 Å². The molecule has 5 N–H and O–H groups in total. The second-order valence-corrected chi connectivity index (χ2v) is 8.17. The number of carbonyl (C=O) groups is 1. The van der Waals surface area contributed by atoms with E-state index in [1.807, 2.05) is 7.05 Å². The minimum Gasteiger partial charge on any atom is -0.503 e. The molecule has 1 aromatic heterocycles. The smallest absolute Gasteiger partial charge is 0.233 e. The van der Waals surface area contributed by atoms with Crippen LogP contribution in [0.4, 0.5) is 8.78 Å². The lowest BCUT2D eigenvalue weighted by atomic mass is 10.1. The van der Waals surface area contributed by atoms with Gasteiger partial charge in [-0.05, 0) is 38.4 Å². The van der Waals surface area contributed by atoms with Crippen LogP contribution >= 0.6 is 11.8 Å². The maximum atomic E-state index is 13.5. The summed E-state index contributed by atoms with van der Waals surface area (Å²) >= 11 is 0.664. The lowest BCUT2D eigenvalue weighted by molar-refractivity contribution is -0.119. The molecule has 1 amide bonds. The molecule has 1 aromatic carbocycles. The van der Waals surface area contributed by atoms with Crippen LogP contribution in [0.25, 0.3) is 0 Å². The first-order chi connectivity index (χ1) is 15.2. The molecule has 0 saturated carbocycles. The molecule has 0 bridgehead atoms. The first-order valence-electron chi connectivity index (χ1n) is 9.75. The fourth-order valence-corrected chi connectivity index (χ4v) is 3.79. The number of aryl methyl sites for hydroxylation is 1. The Morgan fingerprint density at radius 2 is 2.12 bits per heavy atom. The third-order valence-corrected chi connectivity index (χ3v) is 5.66. The molecule has 1 atom stereocenters. The van der Waals surface area contributed by atoms with Gasteiger partial charge in [0.2, 0.25) is 11.8 Å². The van der Waals surface area contributed by atoms with Gasteiger partial charge in [0.25, 0.3) is 0 Å². The number of thioether (sulfide) groups is 1. The fraction of sp³-hybridized carbons (Fsp3) is 0.333. The average Bonchev–Trinajstić information content (AvgIpc) is 3.22. The SMILES string of the molecule is CNC1CCCN1C=O.Cc1[nH]cc(C(=N)SC(=N)Cc2ccc(F)cc2F)c(=O)c1O. The number of aromatic hydroxyl groups is 1. The third-order valence-electron chi connectivity index (χ3n) is 4.85. The van der Waals surface area contributed by atoms with Crippen LogP contribution in [0.2, 0.25) is 0 Å². The molecule has 32 heavy (non-hydrogen) atoms. The van der Waals surface area contributed by atoms with Gasteiger partial charge in [-0.15, -0.1) is 0 Å². The molecule has 1 fully saturated rings. The fourth-order valence-electron chi connectivity index (χ4n) is 3.06. The summed E-state index contributed by atoms with van der Waals surface area (Å²) < 4.78 is 26.4. The lowest BCUT2D eigenvalue weighted by Crippen LogP contribution is -2.37. The molecule has 172 valence electrons. The van der Waals surface area contributed by atoms with Crippen molar-refractivity contribution in [3.05, 3.63) is 63.1 Å². The molecule has 3 rings (SSSR count). The molecular formula is C21H25F2N5O3S. The number of nitrogens with one attached hydrogen (secondary N) is 4. The summed E-state index contributed by atoms with van der Waals surface area (Å²) in [6.07, 6.45) is 4.57. The molecule has 11 heteroatoms. The third kappa shape index (κ3) is 6.47. The number of hydrogen-bond acceptors (Lipinski definition) is 7. The Labute approximate surface area is 188 Å². The molecule has 8 nitrogen and oxygen atoms in total. The lowest BCUT2D eigenvalue weighted by Gasteiger charge is -2.18. The van der Waals surface area contributed by atoms with Crippen molar-refractivity contribution in [2.24, 2.45) is 0 Å². The first-order valence-corrected chi connectivity index (χ1v) is 10.6. The number of pyridine rings is 1. The van der Waals surface area contributed by atoms with E-state index < -0.39 is 22.8 Å². The molecular weight excluding hydrogens is 440 g/mol. The maximum absolute atomic E-state index is 13.5. The number of likely N-dealkylation sites (tertiary alicyclic amines) is 1. The zero-order chi connectivity index (χ0) is 23.8. The van der Waals surface area contributed by atoms with Crippen molar-refractivity contribution in [1.29, 1.82) is 10.8 Å². The molecule has 0 spiro atoms. The molecule has 2 aromatic rings. The zero-order valence-electron chi connectivity index (χ0n) is 17.7. The van der Waals surface area contributed by atoms with Crippen molar-refractivity contribution in [3.8, 4) is 5.75 Å². The van der Waals surface area contributed by atoms with Gasteiger partial charge in [-0.2, -0.15) is 0 Å². The van der Waals surface area contributed by atoms with Gasteiger partial charge in [-0.25, -0.2) is 8.78 Å². The highest BCUT2D eigenvalue weighted by Gasteiger charge is 2.20. The summed E-state index contributed by atoms with van der Waals surface area (Å²) in [5.41, 5.74) is -0.390. The number of carbonyl (C=O) groups excluding carboxylic acids is 1. The number of nitrogens with zero attached hydrogens (tertiary/aromatic N) is 1. The number of halogens is 2. The van der Waals surface area contributed by atoms with Gasteiger partial charge in [-0.3, -0.25) is 20.4 Å². The Bertz CT molecular complexity index is 1060. The highest BCUT2D eigenvalue weighted by Crippen LogP contribution is 2.18. The van der Waals surface area contributed by atoms with Gasteiger partial charge in [0.1, 0.15) is 16.7 Å². The van der Waals surface area contributed by atoms with Gasteiger partial charge >= 0.3 is 0 Å². The van der Waals surface area contributed by atoms with Crippen LogP contribution < -0.4 is 10.7 Å². The van der Waals surface area contributed by atoms with Crippen LogP contribution in [-0.2, 0) is 11.2 Å². The monoisotopic (exact) mass is 465 g/mol. The number of aromatic amines is 1. The minimum absolute atomic E-state index is 0.0811. The Hall–Kier alpha value is -3.05. The molecule has 0 aliphatic carbocycles. The summed E-state index contributed by atoms with van der Waals surface area (Å²) in [7, 11) is 1.88. The van der Waals surface area contributed by atoms with Crippen LogP contribution in [-0.4, -0.2) is 51.2 Å². The summed E-state index contributed by atoms with van der Waals surface area (Å²) in [6, 6.07) is 3.04. The number of aromatic nitrogens is 1. The quantitative estimate of drug-likeness (QED) is 0.263. The van der Waals surface area contributed by atoms with Gasteiger partial charge in [0, 0.05) is 25.2 Å². The van der Waals surface area contributed by atoms with Gasteiger partial charge in [-0.1, -0.05) is 17.8 Å². The van der Waals surface area contributed by atoms with Gasteiger partial charge in [0.05, 0.1) is 22.5 Å². The standard InChI is InChI=1S/C15H13F2N3O2S.C6H12N2O/c1-7-13(21)14(22)10(6-20-7)15(19)23-12(18)4-8-2-3-9(16)5-11(8)17;1-7-6-3-2-4-8(6)5-9/h2-3,5-6,18-19,21H,4H2,1H3,(H,20,22);5-7H,2-4H2,1H3. The number of amides is 1. The summed E-state index contributed by atoms with van der Waals surface area (Å²) in [4.78, 5) is 26.6. The average molecular weight is 466 g/mol. The Balaban J connectivity index is 0.000000336.